The normalized spacial score (nSPS) is 33.7. The molecule has 120 valence electrons. The number of nitrogens with zero attached hydrogens (tertiary/aromatic N) is 1. The molecule has 21 heavy (non-hydrogen) atoms. The molecule has 1 amide bonds. The Balaban J connectivity index is 2.25. The van der Waals surface area contributed by atoms with Crippen molar-refractivity contribution >= 4 is 11.9 Å². The zero-order valence-electron chi connectivity index (χ0n) is 13.4. The highest BCUT2D eigenvalue weighted by Gasteiger charge is 2.56. The molecule has 2 saturated heterocycles. The van der Waals surface area contributed by atoms with Gasteiger partial charge in [-0.05, 0) is 39.5 Å². The largest absolute Gasteiger partial charge is 0.481 e. The first-order valence-corrected chi connectivity index (χ1v) is 8.12. The van der Waals surface area contributed by atoms with Gasteiger partial charge in [-0.3, -0.25) is 9.59 Å². The molecule has 2 heterocycles. The number of carbonyl (C=O) groups is 2. The summed E-state index contributed by atoms with van der Waals surface area (Å²) in [5.41, 5.74) is 0. The molecule has 2 rings (SSSR count). The van der Waals surface area contributed by atoms with Crippen LogP contribution in [0.3, 0.4) is 0 Å². The first kappa shape index (κ1) is 16.3. The monoisotopic (exact) mass is 297 g/mol. The van der Waals surface area contributed by atoms with Crippen molar-refractivity contribution in [2.45, 2.75) is 77.7 Å². The second kappa shape index (κ2) is 6.34. The van der Waals surface area contributed by atoms with Crippen LogP contribution in [-0.4, -0.2) is 46.2 Å². The van der Waals surface area contributed by atoms with Crippen LogP contribution in [0.15, 0.2) is 0 Å². The van der Waals surface area contributed by atoms with E-state index < -0.39 is 17.8 Å². The van der Waals surface area contributed by atoms with Crippen LogP contribution in [0.2, 0.25) is 0 Å². The van der Waals surface area contributed by atoms with E-state index in [1.54, 1.807) is 0 Å². The maximum absolute atomic E-state index is 13.0. The fourth-order valence-electron chi connectivity index (χ4n) is 3.74. The van der Waals surface area contributed by atoms with E-state index in [-0.39, 0.29) is 30.2 Å². The summed E-state index contributed by atoms with van der Waals surface area (Å²) in [7, 11) is 0. The molecule has 1 N–H and O–H groups in total. The molecular formula is C16H27NO4. The molecule has 2 fully saturated rings. The van der Waals surface area contributed by atoms with E-state index >= 15 is 0 Å². The molecule has 0 aromatic rings. The number of carboxylic acid groups (broad SMARTS) is 1. The highest BCUT2D eigenvalue weighted by molar-refractivity contribution is 5.87. The van der Waals surface area contributed by atoms with Crippen LogP contribution in [0.1, 0.15) is 53.4 Å². The fraction of sp³-hybridized carbons (Fsp3) is 0.875. The molecule has 2 aliphatic rings. The van der Waals surface area contributed by atoms with Gasteiger partial charge in [-0.25, -0.2) is 0 Å². The summed E-state index contributed by atoms with van der Waals surface area (Å²) >= 11 is 0. The van der Waals surface area contributed by atoms with Crippen molar-refractivity contribution in [2.75, 3.05) is 0 Å². The number of amides is 1. The van der Waals surface area contributed by atoms with Gasteiger partial charge in [-0.15, -0.1) is 0 Å². The van der Waals surface area contributed by atoms with E-state index in [9.17, 15) is 14.7 Å². The van der Waals surface area contributed by atoms with Crippen LogP contribution in [0.25, 0.3) is 0 Å². The molecule has 2 bridgehead atoms. The van der Waals surface area contributed by atoms with Crippen LogP contribution in [0.5, 0.6) is 0 Å². The molecule has 0 aliphatic carbocycles. The van der Waals surface area contributed by atoms with Crippen LogP contribution in [0, 0.1) is 11.8 Å². The number of hydrogen-bond donors (Lipinski definition) is 1. The molecule has 0 aromatic carbocycles. The Morgan fingerprint density at radius 2 is 1.57 bits per heavy atom. The molecule has 2 aliphatic heterocycles. The van der Waals surface area contributed by atoms with Crippen molar-refractivity contribution in [1.82, 2.24) is 4.90 Å². The van der Waals surface area contributed by atoms with Gasteiger partial charge in [0, 0.05) is 12.1 Å². The Hall–Kier alpha value is -1.10. The number of carboxylic acids is 1. The van der Waals surface area contributed by atoms with E-state index in [4.69, 9.17) is 4.74 Å². The minimum absolute atomic E-state index is 0.0294. The summed E-state index contributed by atoms with van der Waals surface area (Å²) in [6.45, 7) is 8.18. The summed E-state index contributed by atoms with van der Waals surface area (Å²) in [5, 5.41) is 9.48. The predicted molar refractivity (Wildman–Crippen MR) is 78.9 cm³/mol. The van der Waals surface area contributed by atoms with Gasteiger partial charge in [0.25, 0.3) is 0 Å². The minimum Gasteiger partial charge on any atom is -0.481 e. The highest BCUT2D eigenvalue weighted by atomic mass is 16.5. The minimum atomic E-state index is -0.895. The van der Waals surface area contributed by atoms with Crippen molar-refractivity contribution in [1.29, 1.82) is 0 Å². The summed E-state index contributed by atoms with van der Waals surface area (Å²) < 4.78 is 5.73. The molecule has 5 nitrogen and oxygen atoms in total. The molecule has 5 heteroatoms. The van der Waals surface area contributed by atoms with E-state index in [0.717, 1.165) is 25.7 Å². The van der Waals surface area contributed by atoms with Crippen LogP contribution in [-0.2, 0) is 14.3 Å². The van der Waals surface area contributed by atoms with Crippen molar-refractivity contribution in [3.05, 3.63) is 0 Å². The third kappa shape index (κ3) is 2.80. The number of hydrogen-bond acceptors (Lipinski definition) is 3. The third-order valence-electron chi connectivity index (χ3n) is 5.23. The third-order valence-corrected chi connectivity index (χ3v) is 5.23. The zero-order valence-corrected chi connectivity index (χ0v) is 13.4. The van der Waals surface area contributed by atoms with E-state index in [2.05, 4.69) is 13.8 Å². The molecule has 6 atom stereocenters. The van der Waals surface area contributed by atoms with Gasteiger partial charge in [0.1, 0.15) is 0 Å². The Bertz CT molecular complexity index is 401. The van der Waals surface area contributed by atoms with Gasteiger partial charge in [0.2, 0.25) is 5.91 Å². The number of rotatable bonds is 6. The van der Waals surface area contributed by atoms with Gasteiger partial charge in [0.05, 0.1) is 24.0 Å². The molecule has 0 unspecified atom stereocenters. The second-order valence-electron chi connectivity index (χ2n) is 6.44. The van der Waals surface area contributed by atoms with E-state index in [1.165, 1.54) is 0 Å². The lowest BCUT2D eigenvalue weighted by atomic mass is 9.78. The molecular weight excluding hydrogens is 270 g/mol. The second-order valence-corrected chi connectivity index (χ2v) is 6.44. The lowest BCUT2D eigenvalue weighted by Gasteiger charge is -2.38. The van der Waals surface area contributed by atoms with Gasteiger partial charge in [0.15, 0.2) is 0 Å². The molecule has 0 aromatic heterocycles. The van der Waals surface area contributed by atoms with Gasteiger partial charge >= 0.3 is 5.97 Å². The Labute approximate surface area is 126 Å². The Morgan fingerprint density at radius 3 is 2.00 bits per heavy atom. The fourth-order valence-corrected chi connectivity index (χ4v) is 3.74. The van der Waals surface area contributed by atoms with Crippen LogP contribution in [0.4, 0.5) is 0 Å². The topological polar surface area (TPSA) is 66.8 Å². The smallest absolute Gasteiger partial charge is 0.310 e. The molecule has 0 saturated carbocycles. The Kier molecular flexibility index (Phi) is 4.91. The first-order valence-electron chi connectivity index (χ1n) is 8.12. The van der Waals surface area contributed by atoms with Crippen LogP contribution < -0.4 is 0 Å². The lowest BCUT2D eigenvalue weighted by molar-refractivity contribution is -0.153. The standard InChI is InChI=1S/C16H27NO4/c1-5-9(3)17(10(4)6-2)15(18)13-11-7-8-12(21-11)14(13)16(19)20/h9-14H,5-8H2,1-4H3,(H,19,20)/t9-,10+,11-,12-,13-,14+/m1/s1. The predicted octanol–water partition coefficient (Wildman–Crippen LogP) is 2.29. The van der Waals surface area contributed by atoms with Gasteiger partial charge < -0.3 is 14.7 Å². The number of fused-ring (bicyclic) bond motifs is 2. The highest BCUT2D eigenvalue weighted by Crippen LogP contribution is 2.44. The lowest BCUT2D eigenvalue weighted by Crippen LogP contribution is -2.51. The first-order chi connectivity index (χ1) is 9.92. The molecule has 0 spiro atoms. The average Bonchev–Trinajstić information content (AvgIpc) is 3.07. The van der Waals surface area contributed by atoms with Gasteiger partial charge in [-0.2, -0.15) is 0 Å². The SMILES string of the molecule is CC[C@@H](C)N(C(=O)[C@H]1[C@@H](C(=O)O)[C@H]2CC[C@H]1O2)[C@@H](C)CC. The maximum Gasteiger partial charge on any atom is 0.310 e. The van der Waals surface area contributed by atoms with E-state index in [0.29, 0.717) is 0 Å². The number of carbonyl (C=O) groups excluding carboxylic acids is 1. The summed E-state index contributed by atoms with van der Waals surface area (Å²) in [4.78, 5) is 26.5. The number of aliphatic carboxylic acids is 1. The quantitative estimate of drug-likeness (QED) is 0.817. The molecule has 0 radical (unpaired) electrons. The summed E-state index contributed by atoms with van der Waals surface area (Å²) in [6.07, 6.45) is 2.82. The van der Waals surface area contributed by atoms with Gasteiger partial charge in [-0.1, -0.05) is 13.8 Å². The van der Waals surface area contributed by atoms with Crippen molar-refractivity contribution in [3.8, 4) is 0 Å². The van der Waals surface area contributed by atoms with Crippen molar-refractivity contribution in [2.24, 2.45) is 11.8 Å². The Morgan fingerprint density at radius 1 is 1.10 bits per heavy atom. The van der Waals surface area contributed by atoms with Crippen molar-refractivity contribution in [3.63, 3.8) is 0 Å². The average molecular weight is 297 g/mol. The van der Waals surface area contributed by atoms with Crippen molar-refractivity contribution < 1.29 is 19.4 Å². The zero-order chi connectivity index (χ0) is 15.7. The van der Waals surface area contributed by atoms with Crippen LogP contribution >= 0.6 is 0 Å². The summed E-state index contributed by atoms with van der Waals surface area (Å²) in [5.74, 6) is -2.11. The maximum atomic E-state index is 13.0. The van der Waals surface area contributed by atoms with E-state index in [1.807, 2.05) is 18.7 Å². The number of ether oxygens (including phenoxy) is 1. The summed E-state index contributed by atoms with van der Waals surface area (Å²) in [6, 6.07) is 0.252.